The highest BCUT2D eigenvalue weighted by Gasteiger charge is 2.36. The van der Waals surface area contributed by atoms with Crippen molar-refractivity contribution in [2.24, 2.45) is 0 Å². The summed E-state index contributed by atoms with van der Waals surface area (Å²) in [6.45, 7) is 4.61. The van der Waals surface area contributed by atoms with Crippen LogP contribution in [0.5, 0.6) is 0 Å². The van der Waals surface area contributed by atoms with Gasteiger partial charge in [0.2, 0.25) is 5.91 Å². The van der Waals surface area contributed by atoms with Crippen molar-refractivity contribution in [3.05, 3.63) is 40.3 Å². The molecule has 0 radical (unpaired) electrons. The third-order valence-corrected chi connectivity index (χ3v) is 4.36. The van der Waals surface area contributed by atoms with E-state index >= 15 is 0 Å². The lowest BCUT2D eigenvalue weighted by atomic mass is 10.1. The van der Waals surface area contributed by atoms with Crippen LogP contribution >= 0.6 is 11.8 Å². The number of Topliss-reactive ketones (excluding diaryl/α,β-unsaturated/α-hetero) is 1. The zero-order valence-corrected chi connectivity index (χ0v) is 13.8. The van der Waals surface area contributed by atoms with Gasteiger partial charge < -0.3 is 5.32 Å². The second kappa shape index (κ2) is 6.78. The first-order chi connectivity index (χ1) is 10.8. The third kappa shape index (κ3) is 3.87. The molecule has 1 N–H and O–H groups in total. The van der Waals surface area contributed by atoms with Gasteiger partial charge in [-0.3, -0.25) is 24.1 Å². The SMILES string of the molecule is CC(=O)c1ccc(NC(=O)CN2C(=O)SC(=C(C)C)C2=O)cc1. The van der Waals surface area contributed by atoms with E-state index in [0.29, 0.717) is 16.2 Å². The van der Waals surface area contributed by atoms with Gasteiger partial charge in [-0.25, -0.2) is 0 Å². The Hall–Kier alpha value is -2.41. The Balaban J connectivity index is 2.02. The summed E-state index contributed by atoms with van der Waals surface area (Å²) in [4.78, 5) is 48.4. The van der Waals surface area contributed by atoms with Gasteiger partial charge in [-0.05, 0) is 56.8 Å². The zero-order chi connectivity index (χ0) is 17.1. The smallest absolute Gasteiger partial charge is 0.294 e. The van der Waals surface area contributed by atoms with E-state index in [4.69, 9.17) is 0 Å². The van der Waals surface area contributed by atoms with Crippen LogP contribution in [0.25, 0.3) is 0 Å². The van der Waals surface area contributed by atoms with Crippen LogP contribution in [0.2, 0.25) is 0 Å². The van der Waals surface area contributed by atoms with Gasteiger partial charge in [-0.15, -0.1) is 0 Å². The van der Waals surface area contributed by atoms with Crippen molar-refractivity contribution in [1.82, 2.24) is 4.90 Å². The molecule has 1 heterocycles. The number of hydrogen-bond donors (Lipinski definition) is 1. The molecule has 1 fully saturated rings. The second-order valence-corrected chi connectivity index (χ2v) is 6.23. The monoisotopic (exact) mass is 332 g/mol. The molecule has 1 aromatic carbocycles. The number of ketones is 1. The van der Waals surface area contributed by atoms with Crippen LogP contribution in [0.15, 0.2) is 34.7 Å². The van der Waals surface area contributed by atoms with E-state index in [1.807, 2.05) is 0 Å². The highest BCUT2D eigenvalue weighted by atomic mass is 32.2. The molecule has 23 heavy (non-hydrogen) atoms. The van der Waals surface area contributed by atoms with Crippen LogP contribution in [0.3, 0.4) is 0 Å². The van der Waals surface area contributed by atoms with Gasteiger partial charge in [-0.1, -0.05) is 5.57 Å². The summed E-state index contributed by atoms with van der Waals surface area (Å²) in [5.74, 6) is -0.984. The van der Waals surface area contributed by atoms with Crippen molar-refractivity contribution >= 4 is 40.3 Å². The van der Waals surface area contributed by atoms with Gasteiger partial charge in [0.05, 0.1) is 4.91 Å². The molecule has 0 saturated carbocycles. The van der Waals surface area contributed by atoms with E-state index in [1.165, 1.54) is 6.92 Å². The maximum atomic E-state index is 12.1. The first-order valence-corrected chi connectivity index (χ1v) is 7.73. The molecule has 0 aliphatic carbocycles. The molecule has 1 saturated heterocycles. The number of rotatable bonds is 4. The van der Waals surface area contributed by atoms with Crippen LogP contribution in [0, 0.1) is 0 Å². The number of hydrogen-bond acceptors (Lipinski definition) is 5. The number of allylic oxidation sites excluding steroid dienone is 1. The fraction of sp³-hybridized carbons (Fsp3) is 0.250. The molecule has 0 unspecified atom stereocenters. The van der Waals surface area contributed by atoms with E-state index in [9.17, 15) is 19.2 Å². The summed E-state index contributed by atoms with van der Waals surface area (Å²) >= 11 is 0.843. The predicted octanol–water partition coefficient (Wildman–Crippen LogP) is 2.82. The highest BCUT2D eigenvalue weighted by molar-refractivity contribution is 8.18. The Bertz CT molecular complexity index is 718. The lowest BCUT2D eigenvalue weighted by Gasteiger charge is -2.12. The van der Waals surface area contributed by atoms with Gasteiger partial charge in [0, 0.05) is 11.3 Å². The number of benzene rings is 1. The summed E-state index contributed by atoms with van der Waals surface area (Å²) in [5, 5.41) is 2.15. The normalized spacial score (nSPS) is 14.2. The van der Waals surface area contributed by atoms with E-state index in [1.54, 1.807) is 38.1 Å². The molecular weight excluding hydrogens is 316 g/mol. The second-order valence-electron chi connectivity index (χ2n) is 5.27. The largest absolute Gasteiger partial charge is 0.325 e. The van der Waals surface area contributed by atoms with Gasteiger partial charge >= 0.3 is 0 Å². The topological polar surface area (TPSA) is 83.6 Å². The van der Waals surface area contributed by atoms with Gasteiger partial charge in [0.1, 0.15) is 6.54 Å². The van der Waals surface area contributed by atoms with E-state index in [0.717, 1.165) is 22.2 Å². The van der Waals surface area contributed by atoms with E-state index < -0.39 is 17.1 Å². The van der Waals surface area contributed by atoms with Crippen LogP contribution < -0.4 is 5.32 Å². The number of nitrogens with one attached hydrogen (secondary N) is 1. The molecular formula is C16H16N2O4S. The molecule has 6 nitrogen and oxygen atoms in total. The fourth-order valence-electron chi connectivity index (χ4n) is 1.98. The summed E-state index contributed by atoms with van der Waals surface area (Å²) < 4.78 is 0. The quantitative estimate of drug-likeness (QED) is 0.677. The molecule has 0 spiro atoms. The van der Waals surface area contributed by atoms with Crippen molar-refractivity contribution in [2.75, 3.05) is 11.9 Å². The number of nitrogens with zero attached hydrogens (tertiary/aromatic N) is 1. The minimum atomic E-state index is -0.474. The van der Waals surface area contributed by atoms with Crippen molar-refractivity contribution in [1.29, 1.82) is 0 Å². The summed E-state index contributed by atoms with van der Waals surface area (Å²) in [7, 11) is 0. The Kier molecular flexibility index (Phi) is 5.00. The molecule has 0 bridgehead atoms. The molecule has 2 rings (SSSR count). The first-order valence-electron chi connectivity index (χ1n) is 6.91. The van der Waals surface area contributed by atoms with E-state index in [2.05, 4.69) is 5.32 Å². The maximum absolute atomic E-state index is 12.1. The number of imide groups is 1. The van der Waals surface area contributed by atoms with Crippen LogP contribution in [0.4, 0.5) is 10.5 Å². The minimum Gasteiger partial charge on any atom is -0.325 e. The summed E-state index contributed by atoms with van der Waals surface area (Å²) in [5.41, 5.74) is 1.78. The third-order valence-electron chi connectivity index (χ3n) is 3.18. The molecule has 1 aromatic rings. The van der Waals surface area contributed by atoms with Crippen molar-refractivity contribution in [2.45, 2.75) is 20.8 Å². The predicted molar refractivity (Wildman–Crippen MR) is 88.2 cm³/mol. The first kappa shape index (κ1) is 17.0. The summed E-state index contributed by atoms with van der Waals surface area (Å²) in [6, 6.07) is 6.39. The van der Waals surface area contributed by atoms with Crippen molar-refractivity contribution < 1.29 is 19.2 Å². The van der Waals surface area contributed by atoms with Crippen molar-refractivity contribution in [3.63, 3.8) is 0 Å². The van der Waals surface area contributed by atoms with Gasteiger partial charge in [0.15, 0.2) is 5.78 Å². The standard InChI is InChI=1S/C16H16N2O4S/c1-9(2)14-15(21)18(16(22)23-14)8-13(20)17-12-6-4-11(5-7-12)10(3)19/h4-7H,8H2,1-3H3,(H,17,20). The average molecular weight is 332 g/mol. The highest BCUT2D eigenvalue weighted by Crippen LogP contribution is 2.32. The molecule has 3 amide bonds. The minimum absolute atomic E-state index is 0.0672. The molecule has 1 aliphatic rings. The molecule has 120 valence electrons. The van der Waals surface area contributed by atoms with Crippen LogP contribution in [-0.4, -0.2) is 34.3 Å². The Morgan fingerprint density at radius 2 is 1.70 bits per heavy atom. The maximum Gasteiger partial charge on any atom is 0.294 e. The number of amides is 3. The Labute approximate surface area is 137 Å². The lowest BCUT2D eigenvalue weighted by molar-refractivity contribution is -0.127. The Morgan fingerprint density at radius 3 is 2.17 bits per heavy atom. The summed E-state index contributed by atoms with van der Waals surface area (Å²) in [6.07, 6.45) is 0. The van der Waals surface area contributed by atoms with Gasteiger partial charge in [0.25, 0.3) is 11.1 Å². The molecule has 7 heteroatoms. The number of thioether (sulfide) groups is 1. The number of carbonyl (C=O) groups is 4. The lowest BCUT2D eigenvalue weighted by Crippen LogP contribution is -2.36. The van der Waals surface area contributed by atoms with Crippen molar-refractivity contribution in [3.8, 4) is 0 Å². The molecule has 0 aromatic heterocycles. The fourth-order valence-corrected chi connectivity index (χ4v) is 2.81. The number of anilines is 1. The van der Waals surface area contributed by atoms with E-state index in [-0.39, 0.29) is 12.3 Å². The van der Waals surface area contributed by atoms with Crippen LogP contribution in [-0.2, 0) is 9.59 Å². The van der Waals surface area contributed by atoms with Gasteiger partial charge in [-0.2, -0.15) is 0 Å². The van der Waals surface area contributed by atoms with Crippen LogP contribution in [0.1, 0.15) is 31.1 Å². The molecule has 1 aliphatic heterocycles. The number of carbonyl (C=O) groups excluding carboxylic acids is 4. The Morgan fingerprint density at radius 1 is 1.09 bits per heavy atom. The zero-order valence-electron chi connectivity index (χ0n) is 13.0. The molecule has 0 atom stereocenters. The average Bonchev–Trinajstić information content (AvgIpc) is 2.76.